The summed E-state index contributed by atoms with van der Waals surface area (Å²) in [6.07, 6.45) is 4.47. The third-order valence-electron chi connectivity index (χ3n) is 6.37. The van der Waals surface area contributed by atoms with Gasteiger partial charge in [-0.1, -0.05) is 15.9 Å². The van der Waals surface area contributed by atoms with Crippen LogP contribution in [0.5, 0.6) is 0 Å². The first-order valence-corrected chi connectivity index (χ1v) is 12.6. The van der Waals surface area contributed by atoms with Crippen LogP contribution in [0, 0.1) is 10.1 Å². The molecule has 192 valence electrons. The maximum absolute atomic E-state index is 13.5. The summed E-state index contributed by atoms with van der Waals surface area (Å²) in [5, 5.41) is 18.2. The normalized spacial score (nSPS) is 20.1. The monoisotopic (exact) mass is 560 g/mol. The van der Waals surface area contributed by atoms with E-state index >= 15 is 0 Å². The van der Waals surface area contributed by atoms with Gasteiger partial charge in [-0.25, -0.2) is 0 Å². The quantitative estimate of drug-likeness (QED) is 0.406. The first-order chi connectivity index (χ1) is 17.3. The van der Waals surface area contributed by atoms with E-state index in [0.29, 0.717) is 49.2 Å². The van der Waals surface area contributed by atoms with Crippen molar-refractivity contribution in [3.63, 3.8) is 0 Å². The van der Waals surface area contributed by atoms with Crippen LogP contribution < -0.4 is 10.6 Å². The predicted octanol–water partition coefficient (Wildman–Crippen LogP) is 3.37. The number of nitrogens with one attached hydrogen (secondary N) is 2. The molecular formula is C24H29BrN6O5. The van der Waals surface area contributed by atoms with Gasteiger partial charge in [-0.15, -0.1) is 0 Å². The third-order valence-corrected chi connectivity index (χ3v) is 6.83. The molecule has 2 aliphatic heterocycles. The van der Waals surface area contributed by atoms with Crippen LogP contribution in [-0.2, 0) is 4.74 Å². The lowest BCUT2D eigenvalue weighted by atomic mass is 10.0. The number of likely N-dealkylation sites (tertiary alicyclic amines) is 1. The van der Waals surface area contributed by atoms with Gasteiger partial charge in [-0.3, -0.25) is 24.7 Å². The zero-order valence-corrected chi connectivity index (χ0v) is 21.8. The van der Waals surface area contributed by atoms with Crippen LogP contribution in [0.1, 0.15) is 40.5 Å². The Labute approximate surface area is 217 Å². The van der Waals surface area contributed by atoms with Crippen LogP contribution in [0.3, 0.4) is 0 Å². The molecule has 2 amide bonds. The van der Waals surface area contributed by atoms with E-state index in [1.54, 1.807) is 35.2 Å². The molecular weight excluding hydrogens is 532 g/mol. The van der Waals surface area contributed by atoms with E-state index in [4.69, 9.17) is 4.74 Å². The molecule has 2 atom stereocenters. The molecule has 2 aromatic rings. The second kappa shape index (κ2) is 11.2. The number of aromatic nitrogens is 1. The molecule has 4 rings (SSSR count). The average Bonchev–Trinajstić information content (AvgIpc) is 2.88. The second-order valence-electron chi connectivity index (χ2n) is 8.98. The molecule has 2 fully saturated rings. The van der Waals surface area contributed by atoms with E-state index in [1.165, 1.54) is 12.3 Å². The SMILES string of the molecule is CNc1cncc(C(=O)N2CCC[C@@H](Nc3c(C(=O)N4CCO[C@@H](C)C4)cc(Br)cc3[N+](=O)[O-])C2)c1. The Morgan fingerprint density at radius 1 is 1.17 bits per heavy atom. The molecule has 2 saturated heterocycles. The number of hydrogen-bond donors (Lipinski definition) is 2. The van der Waals surface area contributed by atoms with Crippen LogP contribution in [0.25, 0.3) is 0 Å². The zero-order valence-electron chi connectivity index (χ0n) is 20.2. The topological polar surface area (TPSA) is 130 Å². The Kier molecular flexibility index (Phi) is 8.04. The number of nitro benzene ring substituents is 1. The summed E-state index contributed by atoms with van der Waals surface area (Å²) in [6, 6.07) is 4.48. The number of nitrogens with zero attached hydrogens (tertiary/aromatic N) is 4. The fourth-order valence-corrected chi connectivity index (χ4v) is 5.04. The number of nitro groups is 1. The minimum Gasteiger partial charge on any atom is -0.387 e. The zero-order chi connectivity index (χ0) is 25.8. The number of amides is 2. The van der Waals surface area contributed by atoms with Crippen molar-refractivity contribution >= 4 is 44.8 Å². The van der Waals surface area contributed by atoms with Gasteiger partial charge in [0.1, 0.15) is 5.69 Å². The standard InChI is InChI=1S/C24H29BrN6O5/c1-15-13-30(6-7-36-15)24(33)20-9-17(25)10-21(31(34)35)22(20)28-18-4-3-5-29(14-18)23(32)16-8-19(26-2)12-27-11-16/h8-12,15,18,26,28H,3-7,13-14H2,1-2H3/t15-,18+/m0/s1. The number of hydrogen-bond acceptors (Lipinski definition) is 8. The van der Waals surface area contributed by atoms with Gasteiger partial charge in [-0.05, 0) is 31.9 Å². The van der Waals surface area contributed by atoms with Crippen LogP contribution >= 0.6 is 15.9 Å². The maximum atomic E-state index is 13.5. The molecule has 36 heavy (non-hydrogen) atoms. The van der Waals surface area contributed by atoms with Crippen molar-refractivity contribution in [2.24, 2.45) is 0 Å². The molecule has 0 bridgehead atoms. The highest BCUT2D eigenvalue weighted by Gasteiger charge is 2.32. The lowest BCUT2D eigenvalue weighted by Crippen LogP contribution is -2.46. The minimum atomic E-state index is -0.494. The third kappa shape index (κ3) is 5.76. The number of rotatable bonds is 6. The fraction of sp³-hybridized carbons (Fsp3) is 0.458. The van der Waals surface area contributed by atoms with Crippen molar-refractivity contribution in [1.82, 2.24) is 14.8 Å². The molecule has 0 radical (unpaired) electrons. The van der Waals surface area contributed by atoms with Crippen LogP contribution in [0.15, 0.2) is 35.1 Å². The Morgan fingerprint density at radius 3 is 2.67 bits per heavy atom. The van der Waals surface area contributed by atoms with Crippen molar-refractivity contribution in [1.29, 1.82) is 0 Å². The largest absolute Gasteiger partial charge is 0.387 e. The van der Waals surface area contributed by atoms with E-state index in [9.17, 15) is 19.7 Å². The van der Waals surface area contributed by atoms with Crippen LogP contribution in [0.2, 0.25) is 0 Å². The smallest absolute Gasteiger partial charge is 0.294 e. The Bertz CT molecular complexity index is 1160. The Balaban J connectivity index is 1.59. The maximum Gasteiger partial charge on any atom is 0.294 e. The predicted molar refractivity (Wildman–Crippen MR) is 138 cm³/mol. The van der Waals surface area contributed by atoms with Crippen molar-refractivity contribution in [2.45, 2.75) is 31.9 Å². The highest BCUT2D eigenvalue weighted by Crippen LogP contribution is 2.35. The van der Waals surface area contributed by atoms with Gasteiger partial charge in [0, 0.05) is 62.2 Å². The van der Waals surface area contributed by atoms with Crippen molar-refractivity contribution in [2.75, 3.05) is 50.5 Å². The number of carbonyl (C=O) groups is 2. The highest BCUT2D eigenvalue weighted by molar-refractivity contribution is 9.10. The molecule has 0 saturated carbocycles. The summed E-state index contributed by atoms with van der Waals surface area (Å²) in [6.45, 7) is 4.03. The van der Waals surface area contributed by atoms with Crippen molar-refractivity contribution in [3.05, 3.63) is 56.3 Å². The summed E-state index contributed by atoms with van der Waals surface area (Å²) >= 11 is 3.32. The number of pyridine rings is 1. The second-order valence-corrected chi connectivity index (χ2v) is 9.90. The number of carbonyl (C=O) groups excluding carboxylic acids is 2. The van der Waals surface area contributed by atoms with E-state index in [-0.39, 0.29) is 40.9 Å². The van der Waals surface area contributed by atoms with Gasteiger partial charge in [-0.2, -0.15) is 0 Å². The number of ether oxygens (including phenoxy) is 1. The summed E-state index contributed by atoms with van der Waals surface area (Å²) in [5.74, 6) is -0.453. The summed E-state index contributed by atoms with van der Waals surface area (Å²) in [5.41, 5.74) is 1.40. The molecule has 1 aromatic heterocycles. The summed E-state index contributed by atoms with van der Waals surface area (Å²) in [4.78, 5) is 45.6. The summed E-state index contributed by atoms with van der Waals surface area (Å²) < 4.78 is 5.99. The van der Waals surface area contributed by atoms with Gasteiger partial charge < -0.3 is 25.2 Å². The number of halogens is 1. The first kappa shape index (κ1) is 25.8. The molecule has 1 aromatic carbocycles. The fourth-order valence-electron chi connectivity index (χ4n) is 4.59. The average molecular weight is 561 g/mol. The summed E-state index contributed by atoms with van der Waals surface area (Å²) in [7, 11) is 1.76. The number of morpholine rings is 1. The van der Waals surface area contributed by atoms with E-state index in [2.05, 4.69) is 31.5 Å². The number of piperidine rings is 1. The molecule has 2 N–H and O–H groups in total. The van der Waals surface area contributed by atoms with Gasteiger partial charge in [0.15, 0.2) is 0 Å². The van der Waals surface area contributed by atoms with Crippen molar-refractivity contribution < 1.29 is 19.2 Å². The van der Waals surface area contributed by atoms with Gasteiger partial charge >= 0.3 is 0 Å². The number of anilines is 2. The number of benzene rings is 1. The lowest BCUT2D eigenvalue weighted by molar-refractivity contribution is -0.384. The molecule has 11 nitrogen and oxygen atoms in total. The van der Waals surface area contributed by atoms with Crippen molar-refractivity contribution in [3.8, 4) is 0 Å². The first-order valence-electron chi connectivity index (χ1n) is 11.8. The van der Waals surface area contributed by atoms with Gasteiger partial charge in [0.25, 0.3) is 17.5 Å². The molecule has 3 heterocycles. The highest BCUT2D eigenvalue weighted by atomic mass is 79.9. The van der Waals surface area contributed by atoms with Crippen LogP contribution in [-0.4, -0.2) is 83.5 Å². The van der Waals surface area contributed by atoms with E-state index in [1.807, 2.05) is 6.92 Å². The molecule has 2 aliphatic rings. The van der Waals surface area contributed by atoms with E-state index < -0.39 is 4.92 Å². The molecule has 0 unspecified atom stereocenters. The van der Waals surface area contributed by atoms with E-state index in [0.717, 1.165) is 12.1 Å². The lowest BCUT2D eigenvalue weighted by Gasteiger charge is -2.35. The van der Waals surface area contributed by atoms with Gasteiger partial charge in [0.2, 0.25) is 0 Å². The minimum absolute atomic E-state index is 0.116. The van der Waals surface area contributed by atoms with Gasteiger partial charge in [0.05, 0.1) is 34.4 Å². The Morgan fingerprint density at radius 2 is 1.94 bits per heavy atom. The molecule has 0 aliphatic carbocycles. The Hall–Kier alpha value is -3.25. The molecule has 12 heteroatoms. The van der Waals surface area contributed by atoms with Crippen LogP contribution in [0.4, 0.5) is 17.1 Å². The molecule has 0 spiro atoms.